The number of nitrogens with zero attached hydrogens (tertiary/aromatic N) is 2. The van der Waals surface area contributed by atoms with E-state index in [0.29, 0.717) is 19.4 Å². The monoisotopic (exact) mass is 271 g/mol. The molecule has 5 heteroatoms. The first-order valence-corrected chi connectivity index (χ1v) is 7.37. The van der Waals surface area contributed by atoms with Crippen LogP contribution in [0.2, 0.25) is 0 Å². The molecule has 1 fully saturated rings. The molecule has 1 aliphatic heterocycles. The van der Waals surface area contributed by atoms with Crippen molar-refractivity contribution in [3.8, 4) is 0 Å². The second-order valence-corrected chi connectivity index (χ2v) is 5.80. The Balaban J connectivity index is 2.32. The number of amides is 1. The summed E-state index contributed by atoms with van der Waals surface area (Å²) in [6, 6.07) is 0.168. The molecule has 0 saturated carbocycles. The number of nitrogens with two attached hydrogens (primary N) is 1. The molecule has 19 heavy (non-hydrogen) atoms. The number of hydrogen-bond acceptors (Lipinski definition) is 4. The maximum absolute atomic E-state index is 12.2. The molecular formula is C14H29N3O2. The van der Waals surface area contributed by atoms with Crippen LogP contribution in [0.4, 0.5) is 0 Å². The smallest absolute Gasteiger partial charge is 0.222 e. The lowest BCUT2D eigenvalue weighted by Crippen LogP contribution is -2.41. The Labute approximate surface area is 116 Å². The Morgan fingerprint density at radius 2 is 2.00 bits per heavy atom. The van der Waals surface area contributed by atoms with Crippen molar-refractivity contribution in [1.29, 1.82) is 0 Å². The first-order chi connectivity index (χ1) is 9.04. The van der Waals surface area contributed by atoms with Crippen molar-refractivity contribution in [2.75, 3.05) is 33.7 Å². The molecule has 1 rings (SSSR count). The predicted octanol–water partition coefficient (Wildman–Crippen LogP) is 0.419. The largest absolute Gasteiger partial charge is 0.391 e. The van der Waals surface area contributed by atoms with Crippen LogP contribution in [0.1, 0.15) is 38.5 Å². The molecule has 0 radical (unpaired) electrons. The number of hydrogen-bond donors (Lipinski definition) is 2. The van der Waals surface area contributed by atoms with Crippen LogP contribution in [0, 0.1) is 0 Å². The SMILES string of the molecule is CN(C)CC1CC(O)CN1C(=O)CCCCCCN. The molecule has 1 aliphatic rings. The highest BCUT2D eigenvalue weighted by molar-refractivity contribution is 5.76. The fraction of sp³-hybridized carbons (Fsp3) is 0.929. The zero-order valence-corrected chi connectivity index (χ0v) is 12.3. The van der Waals surface area contributed by atoms with Gasteiger partial charge in [0.1, 0.15) is 0 Å². The standard InChI is InChI=1S/C14H29N3O2/c1-16(2)10-12-9-13(18)11-17(12)14(19)7-5-3-4-6-8-15/h12-13,18H,3-11,15H2,1-2H3. The molecule has 0 aliphatic carbocycles. The Morgan fingerprint density at radius 1 is 1.32 bits per heavy atom. The molecule has 1 saturated heterocycles. The molecule has 0 spiro atoms. The molecular weight excluding hydrogens is 242 g/mol. The molecule has 3 N–H and O–H groups in total. The van der Waals surface area contributed by atoms with Crippen LogP contribution in [-0.4, -0.2) is 66.7 Å². The number of aliphatic hydroxyl groups is 1. The summed E-state index contributed by atoms with van der Waals surface area (Å²) < 4.78 is 0. The van der Waals surface area contributed by atoms with Gasteiger partial charge in [-0.3, -0.25) is 4.79 Å². The van der Waals surface area contributed by atoms with Crippen molar-refractivity contribution in [2.24, 2.45) is 5.73 Å². The summed E-state index contributed by atoms with van der Waals surface area (Å²) in [5.41, 5.74) is 5.44. The van der Waals surface area contributed by atoms with E-state index in [1.54, 1.807) is 0 Å². The third-order valence-corrected chi connectivity index (χ3v) is 3.63. The number of likely N-dealkylation sites (tertiary alicyclic amines) is 1. The minimum atomic E-state index is -0.355. The normalized spacial score (nSPS) is 23.3. The van der Waals surface area contributed by atoms with E-state index in [4.69, 9.17) is 5.73 Å². The van der Waals surface area contributed by atoms with E-state index in [9.17, 15) is 9.90 Å². The summed E-state index contributed by atoms with van der Waals surface area (Å²) in [4.78, 5) is 16.1. The van der Waals surface area contributed by atoms with Crippen molar-refractivity contribution in [1.82, 2.24) is 9.80 Å². The quantitative estimate of drug-likeness (QED) is 0.628. The Hall–Kier alpha value is -0.650. The van der Waals surface area contributed by atoms with E-state index in [-0.39, 0.29) is 18.1 Å². The fourth-order valence-corrected chi connectivity index (χ4v) is 2.71. The molecule has 0 bridgehead atoms. The number of likely N-dealkylation sites (N-methyl/N-ethyl adjacent to an activating group) is 1. The highest BCUT2D eigenvalue weighted by Crippen LogP contribution is 2.20. The first kappa shape index (κ1) is 16.4. The fourth-order valence-electron chi connectivity index (χ4n) is 2.71. The van der Waals surface area contributed by atoms with E-state index in [0.717, 1.165) is 38.8 Å². The van der Waals surface area contributed by atoms with Crippen LogP contribution >= 0.6 is 0 Å². The van der Waals surface area contributed by atoms with E-state index >= 15 is 0 Å². The highest BCUT2D eigenvalue weighted by atomic mass is 16.3. The van der Waals surface area contributed by atoms with Gasteiger partial charge < -0.3 is 20.6 Å². The molecule has 0 aromatic carbocycles. The average molecular weight is 271 g/mol. The number of rotatable bonds is 8. The van der Waals surface area contributed by atoms with Crippen LogP contribution < -0.4 is 5.73 Å². The van der Waals surface area contributed by atoms with Crippen molar-refractivity contribution in [3.63, 3.8) is 0 Å². The van der Waals surface area contributed by atoms with Gasteiger partial charge in [0.2, 0.25) is 5.91 Å². The van der Waals surface area contributed by atoms with Crippen molar-refractivity contribution in [3.05, 3.63) is 0 Å². The number of carbonyl (C=O) groups is 1. The van der Waals surface area contributed by atoms with Crippen LogP contribution in [0.25, 0.3) is 0 Å². The summed E-state index contributed by atoms with van der Waals surface area (Å²) in [5, 5.41) is 9.75. The van der Waals surface area contributed by atoms with Gasteiger partial charge in [-0.05, 0) is 39.9 Å². The number of β-amino-alcohol motifs (C(OH)–C–C–N with tert-alkyl or cyclic N) is 1. The number of carbonyl (C=O) groups excluding carboxylic acids is 1. The highest BCUT2D eigenvalue weighted by Gasteiger charge is 2.33. The molecule has 0 aromatic heterocycles. The zero-order valence-electron chi connectivity index (χ0n) is 12.3. The lowest BCUT2D eigenvalue weighted by atomic mass is 10.1. The minimum Gasteiger partial charge on any atom is -0.391 e. The van der Waals surface area contributed by atoms with Gasteiger partial charge >= 0.3 is 0 Å². The van der Waals surface area contributed by atoms with Gasteiger partial charge in [0.25, 0.3) is 0 Å². The zero-order chi connectivity index (χ0) is 14.3. The topological polar surface area (TPSA) is 69.8 Å². The van der Waals surface area contributed by atoms with Crippen molar-refractivity contribution < 1.29 is 9.90 Å². The first-order valence-electron chi connectivity index (χ1n) is 7.37. The van der Waals surface area contributed by atoms with Crippen molar-refractivity contribution in [2.45, 2.75) is 50.7 Å². The Morgan fingerprint density at radius 3 is 2.63 bits per heavy atom. The maximum Gasteiger partial charge on any atom is 0.222 e. The van der Waals surface area contributed by atoms with E-state index in [1.165, 1.54) is 0 Å². The molecule has 112 valence electrons. The van der Waals surface area contributed by atoms with Crippen molar-refractivity contribution >= 4 is 5.91 Å². The summed E-state index contributed by atoms with van der Waals surface area (Å²) >= 11 is 0. The molecule has 1 heterocycles. The van der Waals surface area contributed by atoms with Gasteiger partial charge in [0, 0.05) is 25.6 Å². The van der Waals surface area contributed by atoms with E-state index < -0.39 is 0 Å². The summed E-state index contributed by atoms with van der Waals surface area (Å²) in [6.07, 6.45) is 5.09. The summed E-state index contributed by atoms with van der Waals surface area (Å²) in [7, 11) is 4.00. The van der Waals surface area contributed by atoms with Gasteiger partial charge in [-0.25, -0.2) is 0 Å². The summed E-state index contributed by atoms with van der Waals surface area (Å²) in [5.74, 6) is 0.191. The van der Waals surface area contributed by atoms with Gasteiger partial charge in [0.05, 0.1) is 6.10 Å². The predicted molar refractivity (Wildman–Crippen MR) is 76.8 cm³/mol. The minimum absolute atomic E-state index is 0.168. The lowest BCUT2D eigenvalue weighted by Gasteiger charge is -2.26. The average Bonchev–Trinajstić information content (AvgIpc) is 2.69. The van der Waals surface area contributed by atoms with E-state index in [1.807, 2.05) is 19.0 Å². The third kappa shape index (κ3) is 5.89. The maximum atomic E-state index is 12.2. The third-order valence-electron chi connectivity index (χ3n) is 3.63. The Kier molecular flexibility index (Phi) is 7.34. The lowest BCUT2D eigenvalue weighted by molar-refractivity contribution is -0.132. The van der Waals surface area contributed by atoms with Gasteiger partial charge in [-0.1, -0.05) is 12.8 Å². The summed E-state index contributed by atoms with van der Waals surface area (Å²) in [6.45, 7) is 2.06. The number of unbranched alkanes of at least 4 members (excludes halogenated alkanes) is 3. The molecule has 2 atom stereocenters. The van der Waals surface area contributed by atoms with Gasteiger partial charge in [-0.2, -0.15) is 0 Å². The molecule has 1 amide bonds. The van der Waals surface area contributed by atoms with Crippen LogP contribution in [-0.2, 0) is 4.79 Å². The van der Waals surface area contributed by atoms with Crippen LogP contribution in [0.15, 0.2) is 0 Å². The van der Waals surface area contributed by atoms with E-state index in [2.05, 4.69) is 4.90 Å². The van der Waals surface area contributed by atoms with Gasteiger partial charge in [0.15, 0.2) is 0 Å². The van der Waals surface area contributed by atoms with Gasteiger partial charge in [-0.15, -0.1) is 0 Å². The molecule has 2 unspecified atom stereocenters. The van der Waals surface area contributed by atoms with Crippen LogP contribution in [0.5, 0.6) is 0 Å². The Bertz CT molecular complexity index is 271. The molecule has 0 aromatic rings. The second kappa shape index (κ2) is 8.51. The second-order valence-electron chi connectivity index (χ2n) is 5.80. The number of aliphatic hydroxyl groups excluding tert-OH is 1. The van der Waals surface area contributed by atoms with Crippen LogP contribution in [0.3, 0.4) is 0 Å². The molecule has 5 nitrogen and oxygen atoms in total.